The summed E-state index contributed by atoms with van der Waals surface area (Å²) < 4.78 is 4.87. The van der Waals surface area contributed by atoms with E-state index in [9.17, 15) is 9.59 Å². The van der Waals surface area contributed by atoms with E-state index in [0.29, 0.717) is 11.3 Å². The molecule has 1 N–H and O–H groups in total. The standard InChI is InChI=1S/C17H20N2O3/c1-10(2)12-6-8-13(9-7-12)15-14(16(20)22-5)11(3)19(4)17(21)18-15/h6-9,15H,1H2,2-5H3,(H,18,21). The largest absolute Gasteiger partial charge is 0.466 e. The Bertz CT molecular complexity index is 659. The predicted octanol–water partition coefficient (Wildman–Crippen LogP) is 2.86. The predicted molar refractivity (Wildman–Crippen MR) is 84.9 cm³/mol. The van der Waals surface area contributed by atoms with Gasteiger partial charge < -0.3 is 15.0 Å². The second-order valence-corrected chi connectivity index (χ2v) is 5.33. The van der Waals surface area contributed by atoms with Crippen LogP contribution in [0, 0.1) is 0 Å². The van der Waals surface area contributed by atoms with Crippen molar-refractivity contribution in [1.29, 1.82) is 0 Å². The molecule has 1 heterocycles. The summed E-state index contributed by atoms with van der Waals surface area (Å²) in [4.78, 5) is 25.6. The van der Waals surface area contributed by atoms with Crippen molar-refractivity contribution in [3.8, 4) is 0 Å². The Kier molecular flexibility index (Phi) is 4.35. The van der Waals surface area contributed by atoms with Crippen molar-refractivity contribution in [2.24, 2.45) is 0 Å². The molecule has 0 saturated heterocycles. The Labute approximate surface area is 130 Å². The number of amides is 2. The van der Waals surface area contributed by atoms with Crippen LogP contribution in [-0.4, -0.2) is 31.1 Å². The summed E-state index contributed by atoms with van der Waals surface area (Å²) in [5.74, 6) is -0.446. The van der Waals surface area contributed by atoms with E-state index < -0.39 is 12.0 Å². The number of esters is 1. The van der Waals surface area contributed by atoms with Crippen molar-refractivity contribution >= 4 is 17.6 Å². The van der Waals surface area contributed by atoms with E-state index in [1.165, 1.54) is 12.0 Å². The van der Waals surface area contributed by atoms with Gasteiger partial charge in [-0.25, -0.2) is 9.59 Å². The van der Waals surface area contributed by atoms with Gasteiger partial charge in [0.25, 0.3) is 0 Å². The van der Waals surface area contributed by atoms with Crippen LogP contribution in [0.3, 0.4) is 0 Å². The summed E-state index contributed by atoms with van der Waals surface area (Å²) in [6, 6.07) is 6.85. The van der Waals surface area contributed by atoms with Crippen molar-refractivity contribution < 1.29 is 14.3 Å². The number of rotatable bonds is 3. The molecule has 1 aliphatic rings. The van der Waals surface area contributed by atoms with Crippen molar-refractivity contribution in [1.82, 2.24) is 10.2 Å². The molecule has 5 heteroatoms. The van der Waals surface area contributed by atoms with Gasteiger partial charge in [-0.1, -0.05) is 36.4 Å². The molecular weight excluding hydrogens is 280 g/mol. The van der Waals surface area contributed by atoms with Gasteiger partial charge >= 0.3 is 12.0 Å². The van der Waals surface area contributed by atoms with Gasteiger partial charge in [0, 0.05) is 12.7 Å². The third-order valence-electron chi connectivity index (χ3n) is 3.90. The molecule has 1 atom stereocenters. The number of methoxy groups -OCH3 is 1. The number of nitrogens with one attached hydrogen (secondary N) is 1. The molecule has 0 fully saturated rings. The average molecular weight is 300 g/mol. The highest BCUT2D eigenvalue weighted by Gasteiger charge is 2.34. The van der Waals surface area contributed by atoms with Crippen LogP contribution in [0.15, 0.2) is 42.1 Å². The van der Waals surface area contributed by atoms with Crippen LogP contribution in [0.5, 0.6) is 0 Å². The quantitative estimate of drug-likeness (QED) is 0.873. The molecule has 1 unspecified atom stereocenters. The molecule has 1 aromatic carbocycles. The third kappa shape index (κ3) is 2.74. The zero-order chi connectivity index (χ0) is 16.4. The summed E-state index contributed by atoms with van der Waals surface area (Å²) in [6.07, 6.45) is 0. The molecular formula is C17H20N2O3. The Morgan fingerprint density at radius 2 is 1.91 bits per heavy atom. The molecule has 0 radical (unpaired) electrons. The first-order valence-electron chi connectivity index (χ1n) is 6.96. The summed E-state index contributed by atoms with van der Waals surface area (Å²) in [5, 5.41) is 2.83. The van der Waals surface area contributed by atoms with Crippen molar-refractivity contribution in [2.75, 3.05) is 14.2 Å². The number of hydrogen-bond acceptors (Lipinski definition) is 3. The fraction of sp³-hybridized carbons (Fsp3) is 0.294. The minimum Gasteiger partial charge on any atom is -0.466 e. The molecule has 1 aromatic rings. The lowest BCUT2D eigenvalue weighted by molar-refractivity contribution is -0.136. The Hall–Kier alpha value is -2.56. The molecule has 2 rings (SSSR count). The highest BCUT2D eigenvalue weighted by Crippen LogP contribution is 2.31. The van der Waals surface area contributed by atoms with Gasteiger partial charge in [-0.05, 0) is 25.0 Å². The van der Waals surface area contributed by atoms with Crippen molar-refractivity contribution in [3.05, 3.63) is 53.2 Å². The van der Waals surface area contributed by atoms with Crippen LogP contribution in [0.2, 0.25) is 0 Å². The Morgan fingerprint density at radius 1 is 1.32 bits per heavy atom. The lowest BCUT2D eigenvalue weighted by Gasteiger charge is -2.33. The highest BCUT2D eigenvalue weighted by molar-refractivity contribution is 5.94. The van der Waals surface area contributed by atoms with E-state index in [1.54, 1.807) is 14.0 Å². The lowest BCUT2D eigenvalue weighted by atomic mass is 9.94. The number of urea groups is 1. The van der Waals surface area contributed by atoms with Crippen molar-refractivity contribution in [2.45, 2.75) is 19.9 Å². The van der Waals surface area contributed by atoms with E-state index in [-0.39, 0.29) is 6.03 Å². The maximum Gasteiger partial charge on any atom is 0.337 e. The van der Waals surface area contributed by atoms with Crippen LogP contribution in [-0.2, 0) is 9.53 Å². The van der Waals surface area contributed by atoms with E-state index in [0.717, 1.165) is 16.7 Å². The SMILES string of the molecule is C=C(C)c1ccc(C2NC(=O)N(C)C(C)=C2C(=O)OC)cc1. The maximum absolute atomic E-state index is 12.1. The summed E-state index contributed by atoms with van der Waals surface area (Å²) in [7, 11) is 2.95. The van der Waals surface area contributed by atoms with Gasteiger partial charge in [-0.3, -0.25) is 0 Å². The topological polar surface area (TPSA) is 58.6 Å². The molecule has 116 valence electrons. The van der Waals surface area contributed by atoms with Gasteiger partial charge in [-0.2, -0.15) is 0 Å². The zero-order valence-corrected chi connectivity index (χ0v) is 13.3. The van der Waals surface area contributed by atoms with E-state index in [4.69, 9.17) is 4.74 Å². The zero-order valence-electron chi connectivity index (χ0n) is 13.3. The smallest absolute Gasteiger partial charge is 0.337 e. The number of ether oxygens (including phenoxy) is 1. The van der Waals surface area contributed by atoms with Crippen molar-refractivity contribution in [3.63, 3.8) is 0 Å². The summed E-state index contributed by atoms with van der Waals surface area (Å²) in [5.41, 5.74) is 3.82. The van der Waals surface area contributed by atoms with E-state index in [1.807, 2.05) is 31.2 Å². The van der Waals surface area contributed by atoms with Gasteiger partial charge in [0.2, 0.25) is 0 Å². The molecule has 22 heavy (non-hydrogen) atoms. The number of hydrogen-bond donors (Lipinski definition) is 1. The number of nitrogens with zero attached hydrogens (tertiary/aromatic N) is 1. The van der Waals surface area contributed by atoms with E-state index >= 15 is 0 Å². The molecule has 5 nitrogen and oxygen atoms in total. The first-order valence-corrected chi connectivity index (χ1v) is 6.96. The average Bonchev–Trinajstić information content (AvgIpc) is 2.51. The second kappa shape index (κ2) is 6.05. The monoisotopic (exact) mass is 300 g/mol. The van der Waals surface area contributed by atoms with Gasteiger partial charge in [-0.15, -0.1) is 0 Å². The Balaban J connectivity index is 2.49. The molecule has 0 aromatic heterocycles. The van der Waals surface area contributed by atoms with Gasteiger partial charge in [0.15, 0.2) is 0 Å². The van der Waals surface area contributed by atoms with Crippen LogP contribution < -0.4 is 5.32 Å². The molecule has 0 spiro atoms. The number of benzene rings is 1. The van der Waals surface area contributed by atoms with Crippen LogP contribution in [0.1, 0.15) is 31.0 Å². The van der Waals surface area contributed by atoms with Crippen LogP contribution >= 0.6 is 0 Å². The summed E-state index contributed by atoms with van der Waals surface area (Å²) >= 11 is 0. The first-order chi connectivity index (χ1) is 10.4. The molecule has 0 aliphatic carbocycles. The second-order valence-electron chi connectivity index (χ2n) is 5.33. The highest BCUT2D eigenvalue weighted by atomic mass is 16.5. The third-order valence-corrected chi connectivity index (χ3v) is 3.90. The van der Waals surface area contributed by atoms with Crippen LogP contribution in [0.25, 0.3) is 5.57 Å². The Morgan fingerprint density at radius 3 is 2.41 bits per heavy atom. The fourth-order valence-electron chi connectivity index (χ4n) is 2.42. The number of carbonyl (C=O) groups is 2. The minimum atomic E-state index is -0.518. The molecule has 0 bridgehead atoms. The first kappa shape index (κ1) is 15.8. The maximum atomic E-state index is 12.1. The fourth-order valence-corrected chi connectivity index (χ4v) is 2.42. The van der Waals surface area contributed by atoms with Gasteiger partial charge in [0.1, 0.15) is 0 Å². The van der Waals surface area contributed by atoms with Crippen LogP contribution in [0.4, 0.5) is 4.79 Å². The van der Waals surface area contributed by atoms with E-state index in [2.05, 4.69) is 11.9 Å². The number of carbonyl (C=O) groups excluding carboxylic acids is 2. The lowest BCUT2D eigenvalue weighted by Crippen LogP contribution is -2.46. The molecule has 0 saturated carbocycles. The van der Waals surface area contributed by atoms with Gasteiger partial charge in [0.05, 0.1) is 18.7 Å². The number of allylic oxidation sites excluding steroid dienone is 2. The molecule has 2 amide bonds. The molecule has 1 aliphatic heterocycles. The summed E-state index contributed by atoms with van der Waals surface area (Å²) in [6.45, 7) is 7.56. The normalized spacial score (nSPS) is 18.1. The minimum absolute atomic E-state index is 0.251.